The third-order valence-corrected chi connectivity index (χ3v) is 5.03. The average Bonchev–Trinajstić information content (AvgIpc) is 3.62. The molecule has 1 saturated carbocycles. The van der Waals surface area contributed by atoms with Crippen molar-refractivity contribution in [3.05, 3.63) is 59.7 Å². The summed E-state index contributed by atoms with van der Waals surface area (Å²) < 4.78 is 10.7. The molecule has 0 aromatic heterocycles. The number of nitrogens with zero attached hydrogens (tertiary/aromatic N) is 1. The number of halogens is 1. The number of carbonyl (C=O) groups excluding carboxylic acids is 1. The first-order valence-electron chi connectivity index (χ1n) is 10.7. The second-order valence-electron chi connectivity index (χ2n) is 7.55. The van der Waals surface area contributed by atoms with Gasteiger partial charge in [0.05, 0.1) is 7.11 Å². The molecule has 8 heteroatoms. The minimum Gasteiger partial charge on any atom is -0.497 e. The van der Waals surface area contributed by atoms with Crippen molar-refractivity contribution in [3.8, 4) is 11.5 Å². The van der Waals surface area contributed by atoms with Gasteiger partial charge < -0.3 is 25.4 Å². The van der Waals surface area contributed by atoms with E-state index in [9.17, 15) is 4.79 Å². The van der Waals surface area contributed by atoms with Gasteiger partial charge in [0.1, 0.15) is 11.5 Å². The SMILES string of the molecule is CN=C(NCCc1ccc(OC)cc1)NCCc1ccc(OCC(=O)NC2CC2)cc1.I. The molecule has 0 atom stereocenters. The largest absolute Gasteiger partial charge is 0.497 e. The van der Waals surface area contributed by atoms with Gasteiger partial charge in [0.25, 0.3) is 5.91 Å². The first-order valence-corrected chi connectivity index (χ1v) is 10.7. The van der Waals surface area contributed by atoms with Gasteiger partial charge in [0.15, 0.2) is 12.6 Å². The Labute approximate surface area is 207 Å². The highest BCUT2D eigenvalue weighted by molar-refractivity contribution is 14.0. The van der Waals surface area contributed by atoms with Crippen molar-refractivity contribution in [1.29, 1.82) is 0 Å². The second kappa shape index (κ2) is 13.8. The fourth-order valence-corrected chi connectivity index (χ4v) is 3.06. The van der Waals surface area contributed by atoms with Crippen molar-refractivity contribution >= 4 is 35.8 Å². The average molecular weight is 552 g/mol. The number of benzene rings is 2. The standard InChI is InChI=1S/C24H32N4O3.HI/c1-25-24(26-15-13-18-3-9-21(30-2)10-4-18)27-16-14-19-5-11-22(12-6-19)31-17-23(29)28-20-7-8-20;/h3-6,9-12,20H,7-8,13-17H2,1-2H3,(H,28,29)(H2,25,26,27);1H. The predicted octanol–water partition coefficient (Wildman–Crippen LogP) is 2.92. The third-order valence-electron chi connectivity index (χ3n) is 5.03. The molecule has 1 amide bonds. The number of hydrogen-bond donors (Lipinski definition) is 3. The summed E-state index contributed by atoms with van der Waals surface area (Å²) in [6.07, 6.45) is 3.93. The molecule has 0 bridgehead atoms. The Balaban J connectivity index is 0.00000363. The molecule has 3 rings (SSSR count). The predicted molar refractivity (Wildman–Crippen MR) is 138 cm³/mol. The van der Waals surface area contributed by atoms with Crippen LogP contribution in [-0.2, 0) is 17.6 Å². The lowest BCUT2D eigenvalue weighted by molar-refractivity contribution is -0.123. The summed E-state index contributed by atoms with van der Waals surface area (Å²) in [6, 6.07) is 16.3. The summed E-state index contributed by atoms with van der Waals surface area (Å²) in [5, 5.41) is 9.59. The Bertz CT molecular complexity index is 853. The van der Waals surface area contributed by atoms with Crippen LogP contribution < -0.4 is 25.4 Å². The van der Waals surface area contributed by atoms with E-state index in [1.54, 1.807) is 14.2 Å². The van der Waals surface area contributed by atoms with Gasteiger partial charge in [-0.25, -0.2) is 0 Å². The van der Waals surface area contributed by atoms with Crippen LogP contribution in [0.4, 0.5) is 0 Å². The van der Waals surface area contributed by atoms with Crippen LogP contribution in [0.3, 0.4) is 0 Å². The van der Waals surface area contributed by atoms with Gasteiger partial charge in [-0.2, -0.15) is 0 Å². The van der Waals surface area contributed by atoms with E-state index in [4.69, 9.17) is 9.47 Å². The van der Waals surface area contributed by atoms with Gasteiger partial charge in [-0.3, -0.25) is 9.79 Å². The van der Waals surface area contributed by atoms with E-state index in [1.807, 2.05) is 36.4 Å². The maximum atomic E-state index is 11.7. The van der Waals surface area contributed by atoms with E-state index < -0.39 is 0 Å². The molecule has 2 aromatic rings. The van der Waals surface area contributed by atoms with Gasteiger partial charge >= 0.3 is 0 Å². The summed E-state index contributed by atoms with van der Waals surface area (Å²) in [7, 11) is 3.44. The number of carbonyl (C=O) groups is 1. The third kappa shape index (κ3) is 9.33. The van der Waals surface area contributed by atoms with Crippen molar-refractivity contribution in [2.75, 3.05) is 33.9 Å². The van der Waals surface area contributed by atoms with Crippen LogP contribution in [0.1, 0.15) is 24.0 Å². The van der Waals surface area contributed by atoms with Crippen molar-refractivity contribution < 1.29 is 14.3 Å². The van der Waals surface area contributed by atoms with Crippen molar-refractivity contribution in [2.45, 2.75) is 31.7 Å². The molecular formula is C24H33IN4O3. The molecule has 2 aromatic carbocycles. The highest BCUT2D eigenvalue weighted by atomic mass is 127. The number of hydrogen-bond acceptors (Lipinski definition) is 4. The molecule has 1 aliphatic carbocycles. The van der Waals surface area contributed by atoms with Crippen LogP contribution >= 0.6 is 24.0 Å². The van der Waals surface area contributed by atoms with Crippen LogP contribution in [-0.4, -0.2) is 51.8 Å². The zero-order valence-electron chi connectivity index (χ0n) is 18.7. The minimum absolute atomic E-state index is 0. The molecule has 3 N–H and O–H groups in total. The van der Waals surface area contributed by atoms with Gasteiger partial charge in [0, 0.05) is 26.2 Å². The quantitative estimate of drug-likeness (QED) is 0.227. The van der Waals surface area contributed by atoms with E-state index in [2.05, 4.69) is 33.1 Å². The fourth-order valence-electron chi connectivity index (χ4n) is 3.06. The van der Waals surface area contributed by atoms with Crippen LogP contribution in [0, 0.1) is 0 Å². The Hall–Kier alpha value is -2.49. The summed E-state index contributed by atoms with van der Waals surface area (Å²) >= 11 is 0. The highest BCUT2D eigenvalue weighted by Gasteiger charge is 2.23. The zero-order valence-corrected chi connectivity index (χ0v) is 21.1. The van der Waals surface area contributed by atoms with Gasteiger partial charge in [-0.1, -0.05) is 24.3 Å². The summed E-state index contributed by atoms with van der Waals surface area (Å²) in [5.41, 5.74) is 2.44. The fraction of sp³-hybridized carbons (Fsp3) is 0.417. The molecular weight excluding hydrogens is 519 g/mol. The Morgan fingerprint density at radius 2 is 1.47 bits per heavy atom. The van der Waals surface area contributed by atoms with E-state index >= 15 is 0 Å². The molecule has 0 unspecified atom stereocenters. The lowest BCUT2D eigenvalue weighted by Gasteiger charge is -2.12. The van der Waals surface area contributed by atoms with E-state index in [1.165, 1.54) is 11.1 Å². The molecule has 0 saturated heterocycles. The van der Waals surface area contributed by atoms with Crippen molar-refractivity contribution in [1.82, 2.24) is 16.0 Å². The van der Waals surface area contributed by atoms with Crippen molar-refractivity contribution in [2.24, 2.45) is 4.99 Å². The summed E-state index contributed by atoms with van der Waals surface area (Å²) in [6.45, 7) is 1.63. The number of aliphatic imine (C=N–C) groups is 1. The maximum Gasteiger partial charge on any atom is 0.258 e. The number of guanidine groups is 1. The van der Waals surface area contributed by atoms with E-state index in [0.29, 0.717) is 11.8 Å². The number of nitrogens with one attached hydrogen (secondary N) is 3. The maximum absolute atomic E-state index is 11.7. The first kappa shape index (κ1) is 25.8. The molecule has 0 heterocycles. The van der Waals surface area contributed by atoms with E-state index in [0.717, 1.165) is 50.5 Å². The molecule has 0 radical (unpaired) electrons. The Morgan fingerprint density at radius 1 is 0.938 bits per heavy atom. The lowest BCUT2D eigenvalue weighted by Crippen LogP contribution is -2.39. The lowest BCUT2D eigenvalue weighted by atomic mass is 10.1. The minimum atomic E-state index is -0.0540. The molecule has 0 spiro atoms. The number of amides is 1. The number of ether oxygens (including phenoxy) is 2. The van der Waals surface area contributed by atoms with Crippen molar-refractivity contribution in [3.63, 3.8) is 0 Å². The van der Waals surface area contributed by atoms with E-state index in [-0.39, 0.29) is 36.5 Å². The molecule has 7 nitrogen and oxygen atoms in total. The molecule has 0 aliphatic heterocycles. The van der Waals surface area contributed by atoms with Crippen LogP contribution in [0.15, 0.2) is 53.5 Å². The van der Waals surface area contributed by atoms with Gasteiger partial charge in [-0.05, 0) is 61.1 Å². The zero-order chi connectivity index (χ0) is 21.9. The molecule has 1 aliphatic rings. The van der Waals surface area contributed by atoms with Crippen LogP contribution in [0.2, 0.25) is 0 Å². The smallest absolute Gasteiger partial charge is 0.258 e. The monoisotopic (exact) mass is 552 g/mol. The molecule has 1 fully saturated rings. The van der Waals surface area contributed by atoms with Crippen LogP contribution in [0.5, 0.6) is 11.5 Å². The summed E-state index contributed by atoms with van der Waals surface area (Å²) in [4.78, 5) is 16.0. The first-order chi connectivity index (χ1) is 15.2. The van der Waals surface area contributed by atoms with Gasteiger partial charge in [-0.15, -0.1) is 24.0 Å². The van der Waals surface area contributed by atoms with Gasteiger partial charge in [0.2, 0.25) is 0 Å². The number of rotatable bonds is 11. The Kier molecular flexibility index (Phi) is 11.1. The highest BCUT2D eigenvalue weighted by Crippen LogP contribution is 2.18. The molecule has 32 heavy (non-hydrogen) atoms. The Morgan fingerprint density at radius 3 is 1.94 bits per heavy atom. The van der Waals surface area contributed by atoms with Crippen LogP contribution in [0.25, 0.3) is 0 Å². The normalized spacial score (nSPS) is 13.0. The molecule has 174 valence electrons. The second-order valence-corrected chi connectivity index (χ2v) is 7.55. The topological polar surface area (TPSA) is 84.0 Å². The summed E-state index contributed by atoms with van der Waals surface area (Å²) in [5.74, 6) is 2.31. The number of methoxy groups -OCH3 is 1.